The number of nitriles is 1. The maximum atomic E-state index is 11.1. The molecule has 0 radical (unpaired) electrons. The molecule has 3 N–H and O–H groups in total. The molecule has 3 aromatic heterocycles. The van der Waals surface area contributed by atoms with Crippen LogP contribution >= 0.6 is 0 Å². The van der Waals surface area contributed by atoms with Gasteiger partial charge in [-0.25, -0.2) is 9.78 Å². The number of hydrogen-bond donors (Lipinski definition) is 3. The zero-order chi connectivity index (χ0) is 25.2. The Morgan fingerprint density at radius 1 is 1.06 bits per heavy atom. The summed E-state index contributed by atoms with van der Waals surface area (Å²) in [4.78, 5) is 31.6. The zero-order valence-electron chi connectivity index (χ0n) is 19.3. The first kappa shape index (κ1) is 22.5. The van der Waals surface area contributed by atoms with Gasteiger partial charge in [-0.15, -0.1) is 0 Å². The van der Waals surface area contributed by atoms with E-state index in [-0.39, 0.29) is 5.56 Å². The number of aromatic nitrogens is 5. The normalized spacial score (nSPS) is 10.7. The lowest BCUT2D eigenvalue weighted by molar-refractivity contribution is 0.0696. The molecule has 0 fully saturated rings. The molecule has 10 heteroatoms. The number of benzene rings is 2. The topological polar surface area (TPSA) is 150 Å². The van der Waals surface area contributed by atoms with Gasteiger partial charge in [-0.1, -0.05) is 0 Å². The van der Waals surface area contributed by atoms with Gasteiger partial charge in [0.15, 0.2) is 5.65 Å². The van der Waals surface area contributed by atoms with Gasteiger partial charge in [-0.05, 0) is 73.5 Å². The van der Waals surface area contributed by atoms with Crippen LogP contribution in [-0.4, -0.2) is 36.0 Å². The number of aromatic carboxylic acids is 1. The van der Waals surface area contributed by atoms with Gasteiger partial charge in [0.1, 0.15) is 11.3 Å². The Balaban J connectivity index is 1.47. The summed E-state index contributed by atoms with van der Waals surface area (Å²) in [6, 6.07) is 16.1. The molecule has 176 valence electrons. The van der Waals surface area contributed by atoms with Crippen molar-refractivity contribution in [3.8, 4) is 29.0 Å². The molecular formula is C26H19N7O3. The molecule has 0 aliphatic carbocycles. The molecule has 36 heavy (non-hydrogen) atoms. The first-order valence-electron chi connectivity index (χ1n) is 10.9. The van der Waals surface area contributed by atoms with Crippen molar-refractivity contribution in [2.45, 2.75) is 13.8 Å². The first-order chi connectivity index (χ1) is 17.4. The number of H-pyrrole nitrogens is 1. The standard InChI is InChI=1S/C26H19N7O3/c1-14-9-18(20-8-5-17(12-28-20)25(34)35)10-15(2)22(14)36-24-21-23(30-13-29-21)32-26(33-24)31-19-6-3-16(11-27)4-7-19/h3-10,12-13H,1-2H3,(H,34,35)(H2,29,30,31,32,33). The van der Waals surface area contributed by atoms with E-state index in [1.807, 2.05) is 26.0 Å². The Morgan fingerprint density at radius 2 is 1.81 bits per heavy atom. The molecule has 0 spiro atoms. The maximum Gasteiger partial charge on any atom is 0.337 e. The van der Waals surface area contributed by atoms with Crippen molar-refractivity contribution in [2.24, 2.45) is 0 Å². The number of rotatable bonds is 6. The fraction of sp³-hybridized carbons (Fsp3) is 0.0769. The number of carbonyl (C=O) groups is 1. The van der Waals surface area contributed by atoms with Crippen LogP contribution in [0.4, 0.5) is 11.6 Å². The van der Waals surface area contributed by atoms with Crippen molar-refractivity contribution >= 4 is 28.8 Å². The number of hydrogen-bond acceptors (Lipinski definition) is 8. The van der Waals surface area contributed by atoms with Gasteiger partial charge in [0, 0.05) is 17.4 Å². The summed E-state index contributed by atoms with van der Waals surface area (Å²) in [5.41, 5.74) is 5.58. The third-order valence-corrected chi connectivity index (χ3v) is 5.49. The number of anilines is 2. The van der Waals surface area contributed by atoms with Crippen LogP contribution in [0.3, 0.4) is 0 Å². The van der Waals surface area contributed by atoms with Crippen LogP contribution < -0.4 is 10.1 Å². The highest BCUT2D eigenvalue weighted by atomic mass is 16.5. The van der Waals surface area contributed by atoms with Gasteiger partial charge in [-0.2, -0.15) is 15.2 Å². The second-order valence-corrected chi connectivity index (χ2v) is 8.05. The highest BCUT2D eigenvalue weighted by Crippen LogP contribution is 2.34. The third-order valence-electron chi connectivity index (χ3n) is 5.49. The number of ether oxygens (including phenoxy) is 1. The molecule has 10 nitrogen and oxygen atoms in total. The summed E-state index contributed by atoms with van der Waals surface area (Å²) in [5, 5.41) is 21.2. The quantitative estimate of drug-likeness (QED) is 0.302. The van der Waals surface area contributed by atoms with Crippen LogP contribution in [0.25, 0.3) is 22.4 Å². The largest absolute Gasteiger partial charge is 0.478 e. The smallest absolute Gasteiger partial charge is 0.337 e. The number of carboxylic acid groups (broad SMARTS) is 1. The van der Waals surface area contributed by atoms with Crippen molar-refractivity contribution in [3.05, 3.63) is 83.3 Å². The molecule has 0 unspecified atom stereocenters. The second-order valence-electron chi connectivity index (χ2n) is 8.05. The lowest BCUT2D eigenvalue weighted by Gasteiger charge is -2.14. The SMILES string of the molecule is Cc1cc(-c2ccc(C(=O)O)cn2)cc(C)c1Oc1nc(Nc2ccc(C#N)cc2)nc2nc[nH]c12. The Labute approximate surface area is 205 Å². The van der Waals surface area contributed by atoms with Gasteiger partial charge in [0.05, 0.1) is 29.2 Å². The number of pyridine rings is 1. The fourth-order valence-electron chi connectivity index (χ4n) is 3.74. The zero-order valence-corrected chi connectivity index (χ0v) is 19.3. The molecule has 0 bridgehead atoms. The molecule has 3 heterocycles. The van der Waals surface area contributed by atoms with E-state index in [0.717, 1.165) is 16.7 Å². The second kappa shape index (κ2) is 9.15. The molecule has 0 aliphatic heterocycles. The minimum Gasteiger partial charge on any atom is -0.478 e. The number of imidazole rings is 1. The number of aryl methyl sites for hydroxylation is 2. The number of aromatic amines is 1. The van der Waals surface area contributed by atoms with Crippen molar-refractivity contribution in [1.29, 1.82) is 5.26 Å². The van der Waals surface area contributed by atoms with Gasteiger partial charge in [0.2, 0.25) is 5.95 Å². The minimum absolute atomic E-state index is 0.130. The molecule has 5 aromatic rings. The van der Waals surface area contributed by atoms with Crippen molar-refractivity contribution < 1.29 is 14.6 Å². The van der Waals surface area contributed by atoms with Crippen LogP contribution in [-0.2, 0) is 0 Å². The van der Waals surface area contributed by atoms with Crippen molar-refractivity contribution in [3.63, 3.8) is 0 Å². The van der Waals surface area contributed by atoms with Crippen LogP contribution in [0, 0.1) is 25.2 Å². The highest BCUT2D eigenvalue weighted by molar-refractivity contribution is 5.87. The summed E-state index contributed by atoms with van der Waals surface area (Å²) < 4.78 is 6.26. The van der Waals surface area contributed by atoms with Gasteiger partial charge >= 0.3 is 5.97 Å². The average Bonchev–Trinajstić information content (AvgIpc) is 3.35. The number of nitrogens with one attached hydrogen (secondary N) is 2. The predicted octanol–water partition coefficient (Wildman–Crippen LogP) is 5.14. The van der Waals surface area contributed by atoms with Gasteiger partial charge < -0.3 is 20.1 Å². The minimum atomic E-state index is -1.02. The molecule has 0 aliphatic rings. The Morgan fingerprint density at radius 3 is 2.44 bits per heavy atom. The van der Waals surface area contributed by atoms with Crippen LogP contribution in [0.2, 0.25) is 0 Å². The molecule has 2 aromatic carbocycles. The number of nitrogens with zero attached hydrogens (tertiary/aromatic N) is 5. The summed E-state index contributed by atoms with van der Waals surface area (Å²) in [5.74, 6) is 0.202. The monoisotopic (exact) mass is 477 g/mol. The summed E-state index contributed by atoms with van der Waals surface area (Å²) in [6.07, 6.45) is 2.86. The molecule has 5 rings (SSSR count). The van der Waals surface area contributed by atoms with Gasteiger partial charge in [0.25, 0.3) is 5.88 Å². The van der Waals surface area contributed by atoms with E-state index >= 15 is 0 Å². The van der Waals surface area contributed by atoms with E-state index in [1.54, 1.807) is 30.3 Å². The third kappa shape index (κ3) is 4.41. The highest BCUT2D eigenvalue weighted by Gasteiger charge is 2.16. The molecular weight excluding hydrogens is 458 g/mol. The molecule has 0 saturated heterocycles. The van der Waals surface area contributed by atoms with Crippen LogP contribution in [0.15, 0.2) is 61.1 Å². The Hall–Kier alpha value is -5.30. The first-order valence-corrected chi connectivity index (χ1v) is 10.9. The van der Waals surface area contributed by atoms with Gasteiger partial charge in [-0.3, -0.25) is 4.98 Å². The lowest BCUT2D eigenvalue weighted by Crippen LogP contribution is -2.01. The van der Waals surface area contributed by atoms with E-state index < -0.39 is 5.97 Å². The molecule has 0 atom stereocenters. The van der Waals surface area contributed by atoms with E-state index in [2.05, 4.69) is 36.3 Å². The molecule has 0 amide bonds. The maximum absolute atomic E-state index is 11.1. The van der Waals surface area contributed by atoms with Crippen LogP contribution in [0.1, 0.15) is 27.0 Å². The average molecular weight is 477 g/mol. The van der Waals surface area contributed by atoms with Crippen molar-refractivity contribution in [2.75, 3.05) is 5.32 Å². The number of carboxylic acids is 1. The van der Waals surface area contributed by atoms with E-state index in [4.69, 9.17) is 15.1 Å². The Bertz CT molecular complexity index is 1610. The van der Waals surface area contributed by atoms with E-state index in [9.17, 15) is 4.79 Å². The predicted molar refractivity (Wildman–Crippen MR) is 132 cm³/mol. The van der Waals surface area contributed by atoms with Crippen molar-refractivity contribution in [1.82, 2.24) is 24.9 Å². The number of fused-ring (bicyclic) bond motifs is 1. The Kier molecular flexibility index (Phi) is 5.72. The molecule has 0 saturated carbocycles. The van der Waals surface area contributed by atoms with E-state index in [0.29, 0.717) is 45.7 Å². The summed E-state index contributed by atoms with van der Waals surface area (Å²) in [7, 11) is 0. The lowest BCUT2D eigenvalue weighted by atomic mass is 10.0. The summed E-state index contributed by atoms with van der Waals surface area (Å²) in [6.45, 7) is 3.83. The van der Waals surface area contributed by atoms with E-state index in [1.165, 1.54) is 18.6 Å². The fourth-order valence-corrected chi connectivity index (χ4v) is 3.74. The van der Waals surface area contributed by atoms with Crippen LogP contribution in [0.5, 0.6) is 11.6 Å². The summed E-state index contributed by atoms with van der Waals surface area (Å²) >= 11 is 0.